The molecule has 1 atom stereocenters. The van der Waals surface area contributed by atoms with Crippen molar-refractivity contribution < 1.29 is 18.7 Å². The molecule has 3 heterocycles. The highest BCUT2D eigenvalue weighted by molar-refractivity contribution is 7.16. The molecular weight excluding hydrogens is 450 g/mol. The first-order valence-electron chi connectivity index (χ1n) is 11.7. The summed E-state index contributed by atoms with van der Waals surface area (Å²) in [6.45, 7) is 9.21. The summed E-state index contributed by atoms with van der Waals surface area (Å²) in [6.07, 6.45) is 2.40. The van der Waals surface area contributed by atoms with Gasteiger partial charge in [-0.05, 0) is 37.2 Å². The molecule has 1 N–H and O–H groups in total. The van der Waals surface area contributed by atoms with Gasteiger partial charge in [-0.2, -0.15) is 0 Å². The maximum Gasteiger partial charge on any atom is 0.291 e. The zero-order valence-electron chi connectivity index (χ0n) is 20.3. The fraction of sp³-hybridized carbons (Fsp3) is 0.423. The topological polar surface area (TPSA) is 67.2 Å². The third kappa shape index (κ3) is 4.99. The molecular formula is C26H33N3O4S. The van der Waals surface area contributed by atoms with E-state index in [1.54, 1.807) is 37.7 Å². The van der Waals surface area contributed by atoms with Crippen LogP contribution in [0, 0.1) is 0 Å². The lowest BCUT2D eigenvalue weighted by molar-refractivity contribution is 0.0995. The number of furan rings is 1. The molecule has 1 amide bonds. The summed E-state index contributed by atoms with van der Waals surface area (Å²) in [6, 6.07) is 11.5. The van der Waals surface area contributed by atoms with Gasteiger partial charge in [-0.3, -0.25) is 9.69 Å². The molecule has 1 aromatic carbocycles. The van der Waals surface area contributed by atoms with Crippen molar-refractivity contribution in [2.24, 2.45) is 0 Å². The van der Waals surface area contributed by atoms with Crippen LogP contribution in [0.25, 0.3) is 0 Å². The van der Waals surface area contributed by atoms with Crippen LogP contribution in [0.1, 0.15) is 46.4 Å². The first kappa shape index (κ1) is 24.3. The molecule has 2 aromatic heterocycles. The van der Waals surface area contributed by atoms with E-state index in [1.165, 1.54) is 11.1 Å². The second-order valence-corrected chi connectivity index (χ2v) is 9.37. The number of carbonyl (C=O) groups excluding carboxylic acids is 1. The Labute approximate surface area is 205 Å². The largest absolute Gasteiger partial charge is 0.493 e. The molecule has 4 rings (SSSR count). The number of rotatable bonds is 9. The number of hydrogen-bond acceptors (Lipinski definition) is 7. The molecule has 1 aliphatic rings. The molecule has 1 aliphatic heterocycles. The van der Waals surface area contributed by atoms with Gasteiger partial charge >= 0.3 is 0 Å². The van der Waals surface area contributed by atoms with Gasteiger partial charge in [0.15, 0.2) is 17.3 Å². The van der Waals surface area contributed by atoms with Crippen molar-refractivity contribution in [2.75, 3.05) is 52.3 Å². The van der Waals surface area contributed by atoms with Crippen molar-refractivity contribution >= 4 is 22.2 Å². The number of nitrogens with one attached hydrogen (secondary N) is 1. The van der Waals surface area contributed by atoms with Crippen LogP contribution in [0.2, 0.25) is 0 Å². The average Bonchev–Trinajstić information content (AvgIpc) is 3.55. The minimum Gasteiger partial charge on any atom is -0.493 e. The number of likely N-dealkylation sites (N-methyl/N-ethyl adjacent to an activating group) is 1. The summed E-state index contributed by atoms with van der Waals surface area (Å²) in [4.78, 5) is 19.1. The van der Waals surface area contributed by atoms with Crippen LogP contribution in [-0.2, 0) is 6.42 Å². The van der Waals surface area contributed by atoms with Gasteiger partial charge in [0.05, 0.1) is 26.5 Å². The monoisotopic (exact) mass is 483 g/mol. The van der Waals surface area contributed by atoms with E-state index in [4.69, 9.17) is 13.9 Å². The van der Waals surface area contributed by atoms with Gasteiger partial charge in [0, 0.05) is 42.2 Å². The molecule has 1 fully saturated rings. The first-order valence-corrected chi connectivity index (χ1v) is 12.6. The van der Waals surface area contributed by atoms with Crippen molar-refractivity contribution in [1.82, 2.24) is 9.80 Å². The van der Waals surface area contributed by atoms with Crippen molar-refractivity contribution in [2.45, 2.75) is 26.3 Å². The Bertz CT molecular complexity index is 1090. The predicted octanol–water partition coefficient (Wildman–Crippen LogP) is 4.90. The molecule has 182 valence electrons. The normalized spacial score (nSPS) is 15.8. The van der Waals surface area contributed by atoms with Crippen LogP contribution in [0.3, 0.4) is 0 Å². The zero-order valence-corrected chi connectivity index (χ0v) is 21.1. The van der Waals surface area contributed by atoms with E-state index in [2.05, 4.69) is 41.1 Å². The number of ether oxygens (including phenoxy) is 2. The zero-order chi connectivity index (χ0) is 24.1. The SMILES string of the molecule is CCc1cc([C@H](c2cccc(OC)c2OC)N2CCN(CC)CC2)c(NC(=O)c2ccco2)s1. The third-order valence-corrected chi connectivity index (χ3v) is 7.58. The van der Waals surface area contributed by atoms with Gasteiger partial charge in [-0.15, -0.1) is 11.3 Å². The van der Waals surface area contributed by atoms with E-state index in [-0.39, 0.29) is 11.9 Å². The molecule has 8 heteroatoms. The standard InChI is InChI=1S/C26H33N3O4S/c1-5-18-17-20(26(34-18)27-25(30)22-11-8-16-33-22)23(29-14-12-28(6-2)13-15-29)19-9-7-10-21(31-3)24(19)32-4/h7-11,16-17,23H,5-6,12-15H2,1-4H3,(H,27,30)/t23-/m0/s1. The lowest BCUT2D eigenvalue weighted by Gasteiger charge is -2.39. The maximum absolute atomic E-state index is 12.9. The summed E-state index contributed by atoms with van der Waals surface area (Å²) in [7, 11) is 3.34. The Kier molecular flexibility index (Phi) is 7.92. The minimum atomic E-state index is -0.247. The highest BCUT2D eigenvalue weighted by atomic mass is 32.1. The van der Waals surface area contributed by atoms with E-state index < -0.39 is 0 Å². The van der Waals surface area contributed by atoms with Crippen LogP contribution >= 0.6 is 11.3 Å². The Balaban J connectivity index is 1.80. The smallest absolute Gasteiger partial charge is 0.291 e. The fourth-order valence-corrected chi connectivity index (χ4v) is 5.56. The van der Waals surface area contributed by atoms with Gasteiger partial charge in [-0.25, -0.2) is 0 Å². The number of para-hydroxylation sites is 1. The highest BCUT2D eigenvalue weighted by Crippen LogP contribution is 2.45. The quantitative estimate of drug-likeness (QED) is 0.467. The molecule has 7 nitrogen and oxygen atoms in total. The number of amides is 1. The summed E-state index contributed by atoms with van der Waals surface area (Å²) >= 11 is 1.62. The van der Waals surface area contributed by atoms with Crippen LogP contribution < -0.4 is 14.8 Å². The van der Waals surface area contributed by atoms with E-state index in [9.17, 15) is 4.79 Å². The Morgan fingerprint density at radius 2 is 1.88 bits per heavy atom. The molecule has 0 saturated carbocycles. The van der Waals surface area contributed by atoms with Gasteiger partial charge in [0.2, 0.25) is 0 Å². The third-order valence-electron chi connectivity index (χ3n) is 6.37. The summed E-state index contributed by atoms with van der Waals surface area (Å²) < 4.78 is 16.8. The Hall–Kier alpha value is -2.81. The summed E-state index contributed by atoms with van der Waals surface area (Å²) in [5.74, 6) is 1.47. The van der Waals surface area contributed by atoms with Gasteiger partial charge in [0.25, 0.3) is 5.91 Å². The molecule has 0 spiro atoms. The van der Waals surface area contributed by atoms with Crippen LogP contribution in [0.4, 0.5) is 5.00 Å². The van der Waals surface area contributed by atoms with Crippen molar-refractivity contribution in [3.63, 3.8) is 0 Å². The number of thiophene rings is 1. The van der Waals surface area contributed by atoms with E-state index in [1.807, 2.05) is 12.1 Å². The Morgan fingerprint density at radius 1 is 1.09 bits per heavy atom. The number of carbonyl (C=O) groups is 1. The maximum atomic E-state index is 12.9. The number of methoxy groups -OCH3 is 2. The number of piperazine rings is 1. The highest BCUT2D eigenvalue weighted by Gasteiger charge is 2.32. The van der Waals surface area contributed by atoms with E-state index in [0.717, 1.165) is 61.0 Å². The van der Waals surface area contributed by atoms with Crippen LogP contribution in [0.15, 0.2) is 47.1 Å². The Morgan fingerprint density at radius 3 is 2.50 bits per heavy atom. The van der Waals surface area contributed by atoms with Gasteiger partial charge in [0.1, 0.15) is 5.00 Å². The van der Waals surface area contributed by atoms with Crippen LogP contribution in [-0.4, -0.2) is 62.7 Å². The number of hydrogen-bond donors (Lipinski definition) is 1. The molecule has 0 unspecified atom stereocenters. The average molecular weight is 484 g/mol. The molecule has 34 heavy (non-hydrogen) atoms. The van der Waals surface area contributed by atoms with E-state index in [0.29, 0.717) is 11.5 Å². The lowest BCUT2D eigenvalue weighted by Crippen LogP contribution is -2.47. The fourth-order valence-electron chi connectivity index (χ4n) is 4.53. The number of aryl methyl sites for hydroxylation is 1. The second-order valence-electron chi connectivity index (χ2n) is 8.24. The van der Waals surface area contributed by atoms with E-state index >= 15 is 0 Å². The lowest BCUT2D eigenvalue weighted by atomic mass is 9.95. The van der Waals surface area contributed by atoms with Crippen molar-refractivity contribution in [1.29, 1.82) is 0 Å². The van der Waals surface area contributed by atoms with Gasteiger partial charge in [-0.1, -0.05) is 26.0 Å². The summed E-state index contributed by atoms with van der Waals surface area (Å²) in [5.41, 5.74) is 2.10. The summed E-state index contributed by atoms with van der Waals surface area (Å²) in [5, 5.41) is 3.96. The minimum absolute atomic E-state index is 0.0903. The van der Waals surface area contributed by atoms with Gasteiger partial charge < -0.3 is 24.1 Å². The number of nitrogens with zero attached hydrogens (tertiary/aromatic N) is 2. The molecule has 1 saturated heterocycles. The number of anilines is 1. The first-order chi connectivity index (χ1) is 16.6. The second kappa shape index (κ2) is 11.1. The molecule has 0 radical (unpaired) electrons. The molecule has 0 aliphatic carbocycles. The van der Waals surface area contributed by atoms with Crippen molar-refractivity contribution in [3.8, 4) is 11.5 Å². The number of benzene rings is 1. The van der Waals surface area contributed by atoms with Crippen molar-refractivity contribution in [3.05, 3.63) is 64.4 Å². The molecule has 0 bridgehead atoms. The van der Waals surface area contributed by atoms with Crippen LogP contribution in [0.5, 0.6) is 11.5 Å². The molecule has 3 aromatic rings. The predicted molar refractivity (Wildman–Crippen MR) is 135 cm³/mol.